The third-order valence-corrected chi connectivity index (χ3v) is 1.73. The zero-order valence-electron chi connectivity index (χ0n) is 9.53. The fourth-order valence-corrected chi connectivity index (χ4v) is 1.03. The largest absolute Gasteiger partial charge is 0.387 e. The molecule has 1 amide bonds. The van der Waals surface area contributed by atoms with E-state index in [1.807, 2.05) is 44.2 Å². The number of hydrogen-bond donors (Lipinski definition) is 2. The Hall–Kier alpha value is -1.35. The molecular weight excluding hydrogens is 190 g/mol. The lowest BCUT2D eigenvalue weighted by atomic mass is 10.1. The van der Waals surface area contributed by atoms with Gasteiger partial charge in [0.05, 0.1) is 6.10 Å². The average molecular weight is 209 g/mol. The normalized spacial score (nSPS) is 10.9. The molecule has 0 radical (unpaired) electrons. The van der Waals surface area contributed by atoms with E-state index >= 15 is 0 Å². The van der Waals surface area contributed by atoms with Gasteiger partial charge in [0.25, 0.3) is 0 Å². The van der Waals surface area contributed by atoms with E-state index in [4.69, 9.17) is 0 Å². The predicted molar refractivity (Wildman–Crippen MR) is 61.4 cm³/mol. The molecular formula is C12H19NO2. The molecule has 0 aromatic heterocycles. The first kappa shape index (κ1) is 13.7. The Labute approximate surface area is 91.1 Å². The fraction of sp³-hybridized carbons (Fsp3) is 0.417. The first-order valence-electron chi connectivity index (χ1n) is 5.17. The van der Waals surface area contributed by atoms with E-state index in [0.29, 0.717) is 0 Å². The van der Waals surface area contributed by atoms with Crippen molar-refractivity contribution in [1.82, 2.24) is 5.32 Å². The first-order chi connectivity index (χ1) is 7.20. The number of hydrogen-bond acceptors (Lipinski definition) is 2. The SMILES string of the molecule is CC.CC(=O)NC[C@H](O)c1ccccc1. The van der Waals surface area contributed by atoms with Gasteiger partial charge in [-0.3, -0.25) is 4.79 Å². The number of rotatable bonds is 3. The number of benzene rings is 1. The molecule has 0 unspecified atom stereocenters. The molecule has 0 fully saturated rings. The van der Waals surface area contributed by atoms with E-state index in [1.165, 1.54) is 6.92 Å². The van der Waals surface area contributed by atoms with Gasteiger partial charge in [-0.25, -0.2) is 0 Å². The van der Waals surface area contributed by atoms with Gasteiger partial charge in [-0.05, 0) is 5.56 Å². The molecule has 0 spiro atoms. The van der Waals surface area contributed by atoms with E-state index in [0.717, 1.165) is 5.56 Å². The summed E-state index contributed by atoms with van der Waals surface area (Å²) in [5, 5.41) is 12.1. The molecule has 0 saturated carbocycles. The summed E-state index contributed by atoms with van der Waals surface area (Å²) in [7, 11) is 0. The summed E-state index contributed by atoms with van der Waals surface area (Å²) < 4.78 is 0. The zero-order valence-corrected chi connectivity index (χ0v) is 9.53. The predicted octanol–water partition coefficient (Wildman–Crippen LogP) is 1.88. The quantitative estimate of drug-likeness (QED) is 0.798. The van der Waals surface area contributed by atoms with Crippen LogP contribution in [0, 0.1) is 0 Å². The van der Waals surface area contributed by atoms with Crippen molar-refractivity contribution in [2.45, 2.75) is 26.9 Å². The van der Waals surface area contributed by atoms with Crippen LogP contribution in [0.5, 0.6) is 0 Å². The van der Waals surface area contributed by atoms with Crippen molar-refractivity contribution in [3.8, 4) is 0 Å². The van der Waals surface area contributed by atoms with Crippen LogP contribution < -0.4 is 5.32 Å². The van der Waals surface area contributed by atoms with Crippen molar-refractivity contribution in [1.29, 1.82) is 0 Å². The van der Waals surface area contributed by atoms with Crippen LogP contribution in [0.2, 0.25) is 0 Å². The van der Waals surface area contributed by atoms with Gasteiger partial charge in [0.15, 0.2) is 0 Å². The van der Waals surface area contributed by atoms with Gasteiger partial charge in [-0.1, -0.05) is 44.2 Å². The summed E-state index contributed by atoms with van der Waals surface area (Å²) in [6.07, 6.45) is -0.620. The topological polar surface area (TPSA) is 49.3 Å². The summed E-state index contributed by atoms with van der Waals surface area (Å²) in [4.78, 5) is 10.6. The van der Waals surface area contributed by atoms with Gasteiger partial charge in [0, 0.05) is 13.5 Å². The lowest BCUT2D eigenvalue weighted by Crippen LogP contribution is -2.25. The molecule has 3 heteroatoms. The number of amides is 1. The highest BCUT2D eigenvalue weighted by atomic mass is 16.3. The molecule has 0 aliphatic heterocycles. The third-order valence-electron chi connectivity index (χ3n) is 1.73. The Morgan fingerprint density at radius 2 is 1.87 bits per heavy atom. The summed E-state index contributed by atoms with van der Waals surface area (Å²) in [6, 6.07) is 9.24. The van der Waals surface area contributed by atoms with Crippen LogP contribution >= 0.6 is 0 Å². The van der Waals surface area contributed by atoms with Crippen molar-refractivity contribution in [3.05, 3.63) is 35.9 Å². The Morgan fingerprint density at radius 3 is 2.33 bits per heavy atom. The molecule has 84 valence electrons. The lowest BCUT2D eigenvalue weighted by molar-refractivity contribution is -0.119. The van der Waals surface area contributed by atoms with E-state index < -0.39 is 6.10 Å². The van der Waals surface area contributed by atoms with Crippen LogP contribution in [0.3, 0.4) is 0 Å². The number of aliphatic hydroxyl groups is 1. The molecule has 0 heterocycles. The summed E-state index contributed by atoms with van der Waals surface area (Å²) in [5.74, 6) is -0.130. The molecule has 15 heavy (non-hydrogen) atoms. The summed E-state index contributed by atoms with van der Waals surface area (Å²) in [5.41, 5.74) is 0.816. The minimum Gasteiger partial charge on any atom is -0.387 e. The van der Waals surface area contributed by atoms with E-state index in [1.54, 1.807) is 0 Å². The number of nitrogens with one attached hydrogen (secondary N) is 1. The van der Waals surface area contributed by atoms with Gasteiger partial charge in [-0.15, -0.1) is 0 Å². The number of carbonyl (C=O) groups excluding carboxylic acids is 1. The van der Waals surface area contributed by atoms with E-state index in [-0.39, 0.29) is 12.5 Å². The van der Waals surface area contributed by atoms with Crippen molar-refractivity contribution in [2.24, 2.45) is 0 Å². The molecule has 1 rings (SSSR count). The Kier molecular flexibility index (Phi) is 7.28. The smallest absolute Gasteiger partial charge is 0.216 e. The lowest BCUT2D eigenvalue weighted by Gasteiger charge is -2.10. The van der Waals surface area contributed by atoms with Gasteiger partial charge < -0.3 is 10.4 Å². The average Bonchev–Trinajstić information content (AvgIpc) is 2.30. The Bertz CT molecular complexity index is 272. The van der Waals surface area contributed by atoms with E-state index in [9.17, 15) is 9.90 Å². The van der Waals surface area contributed by atoms with Gasteiger partial charge in [0.2, 0.25) is 5.91 Å². The highest BCUT2D eigenvalue weighted by Crippen LogP contribution is 2.09. The van der Waals surface area contributed by atoms with Crippen LogP contribution in [0.1, 0.15) is 32.4 Å². The Morgan fingerprint density at radius 1 is 1.33 bits per heavy atom. The first-order valence-corrected chi connectivity index (χ1v) is 5.17. The van der Waals surface area contributed by atoms with Crippen molar-refractivity contribution >= 4 is 5.91 Å². The number of carbonyl (C=O) groups is 1. The van der Waals surface area contributed by atoms with Crippen LogP contribution in [0.4, 0.5) is 0 Å². The maximum absolute atomic E-state index is 10.6. The molecule has 1 atom stereocenters. The molecule has 0 bridgehead atoms. The molecule has 0 aliphatic carbocycles. The second-order valence-corrected chi connectivity index (χ2v) is 2.86. The maximum atomic E-state index is 10.6. The minimum atomic E-state index is -0.620. The maximum Gasteiger partial charge on any atom is 0.216 e. The molecule has 0 saturated heterocycles. The van der Waals surface area contributed by atoms with Crippen molar-refractivity contribution < 1.29 is 9.90 Å². The second kappa shape index (κ2) is 8.00. The highest BCUT2D eigenvalue weighted by Gasteiger charge is 2.05. The molecule has 0 aliphatic rings. The van der Waals surface area contributed by atoms with Crippen LogP contribution in [0.25, 0.3) is 0 Å². The van der Waals surface area contributed by atoms with E-state index in [2.05, 4.69) is 5.32 Å². The third kappa shape index (κ3) is 5.86. The Balaban J connectivity index is 0.000000921. The zero-order chi connectivity index (χ0) is 11.7. The summed E-state index contributed by atoms with van der Waals surface area (Å²) >= 11 is 0. The summed E-state index contributed by atoms with van der Waals surface area (Å²) in [6.45, 7) is 5.69. The van der Waals surface area contributed by atoms with Gasteiger partial charge in [-0.2, -0.15) is 0 Å². The van der Waals surface area contributed by atoms with Crippen molar-refractivity contribution in [3.63, 3.8) is 0 Å². The highest BCUT2D eigenvalue weighted by molar-refractivity contribution is 5.72. The molecule has 1 aromatic carbocycles. The monoisotopic (exact) mass is 209 g/mol. The molecule has 2 N–H and O–H groups in total. The molecule has 3 nitrogen and oxygen atoms in total. The standard InChI is InChI=1S/C10H13NO2.C2H6/c1-8(12)11-7-10(13)9-5-3-2-4-6-9;1-2/h2-6,10,13H,7H2,1H3,(H,11,12);1-2H3/t10-;/m0./s1. The molecule has 1 aromatic rings. The van der Waals surface area contributed by atoms with Crippen LogP contribution in [-0.2, 0) is 4.79 Å². The van der Waals surface area contributed by atoms with Crippen molar-refractivity contribution in [2.75, 3.05) is 6.54 Å². The second-order valence-electron chi connectivity index (χ2n) is 2.86. The minimum absolute atomic E-state index is 0.130. The van der Waals surface area contributed by atoms with Crippen LogP contribution in [0.15, 0.2) is 30.3 Å². The van der Waals surface area contributed by atoms with Crippen LogP contribution in [-0.4, -0.2) is 17.6 Å². The fourth-order valence-electron chi connectivity index (χ4n) is 1.03. The van der Waals surface area contributed by atoms with Gasteiger partial charge in [0.1, 0.15) is 0 Å². The van der Waals surface area contributed by atoms with Gasteiger partial charge >= 0.3 is 0 Å². The number of aliphatic hydroxyl groups excluding tert-OH is 1.